The van der Waals surface area contributed by atoms with Crippen molar-refractivity contribution < 1.29 is 29.5 Å². The van der Waals surface area contributed by atoms with Gasteiger partial charge in [-0.05, 0) is 11.6 Å². The van der Waals surface area contributed by atoms with Gasteiger partial charge in [0.2, 0.25) is 0 Å². The van der Waals surface area contributed by atoms with Crippen molar-refractivity contribution in [3.8, 4) is 5.75 Å². The SMILES string of the molecule is COc1ccccc1CN1CCN(Cc2ccc([N+](=O)[O-])cc2)CC1.O=C(O)C(=O)O. The number of aliphatic carboxylic acids is 2. The van der Waals surface area contributed by atoms with E-state index in [1.807, 2.05) is 30.3 Å². The molecule has 3 rings (SSSR count). The smallest absolute Gasteiger partial charge is 0.414 e. The van der Waals surface area contributed by atoms with Crippen molar-refractivity contribution in [2.45, 2.75) is 13.1 Å². The van der Waals surface area contributed by atoms with Gasteiger partial charge >= 0.3 is 11.9 Å². The van der Waals surface area contributed by atoms with Gasteiger partial charge in [0.25, 0.3) is 5.69 Å². The van der Waals surface area contributed by atoms with Crippen LogP contribution in [0.25, 0.3) is 0 Å². The summed E-state index contributed by atoms with van der Waals surface area (Å²) in [6.07, 6.45) is 0. The topological polar surface area (TPSA) is 133 Å². The molecule has 2 aromatic rings. The molecule has 1 aliphatic rings. The van der Waals surface area contributed by atoms with Crippen LogP contribution in [0.4, 0.5) is 5.69 Å². The maximum atomic E-state index is 10.7. The maximum absolute atomic E-state index is 10.7. The zero-order valence-corrected chi connectivity index (χ0v) is 17.1. The molecule has 0 aliphatic carbocycles. The van der Waals surface area contributed by atoms with Gasteiger partial charge in [-0.25, -0.2) is 9.59 Å². The summed E-state index contributed by atoms with van der Waals surface area (Å²) in [4.78, 5) is 33.4. The number of hydrogen-bond acceptors (Lipinski definition) is 7. The molecule has 0 atom stereocenters. The lowest BCUT2D eigenvalue weighted by Crippen LogP contribution is -2.45. The Labute approximate surface area is 179 Å². The van der Waals surface area contributed by atoms with E-state index in [0.29, 0.717) is 0 Å². The highest BCUT2D eigenvalue weighted by Gasteiger charge is 2.18. The monoisotopic (exact) mass is 431 g/mol. The number of para-hydroxylation sites is 1. The number of piperazine rings is 1. The minimum Gasteiger partial charge on any atom is -0.496 e. The van der Waals surface area contributed by atoms with Crippen molar-refractivity contribution in [2.75, 3.05) is 33.3 Å². The fourth-order valence-corrected chi connectivity index (χ4v) is 3.16. The second-order valence-electron chi connectivity index (χ2n) is 6.90. The summed E-state index contributed by atoms with van der Waals surface area (Å²) in [6, 6.07) is 15.0. The summed E-state index contributed by atoms with van der Waals surface area (Å²) in [6.45, 7) is 5.73. The lowest BCUT2D eigenvalue weighted by Gasteiger charge is -2.35. The lowest BCUT2D eigenvalue weighted by molar-refractivity contribution is -0.384. The molecule has 166 valence electrons. The summed E-state index contributed by atoms with van der Waals surface area (Å²) in [5.41, 5.74) is 2.47. The van der Waals surface area contributed by atoms with E-state index >= 15 is 0 Å². The molecular weight excluding hydrogens is 406 g/mol. The third-order valence-corrected chi connectivity index (χ3v) is 4.79. The van der Waals surface area contributed by atoms with Crippen molar-refractivity contribution in [3.63, 3.8) is 0 Å². The second-order valence-corrected chi connectivity index (χ2v) is 6.90. The zero-order chi connectivity index (χ0) is 22.8. The molecule has 0 radical (unpaired) electrons. The molecule has 0 spiro atoms. The van der Waals surface area contributed by atoms with Crippen molar-refractivity contribution in [1.82, 2.24) is 9.80 Å². The van der Waals surface area contributed by atoms with Crippen LogP contribution in [0, 0.1) is 10.1 Å². The molecule has 0 amide bonds. The van der Waals surface area contributed by atoms with Gasteiger partial charge in [0.1, 0.15) is 5.75 Å². The van der Waals surface area contributed by atoms with Gasteiger partial charge in [0.05, 0.1) is 12.0 Å². The van der Waals surface area contributed by atoms with Crippen LogP contribution in [-0.4, -0.2) is 70.2 Å². The number of non-ortho nitro benzene ring substituents is 1. The fourth-order valence-electron chi connectivity index (χ4n) is 3.16. The summed E-state index contributed by atoms with van der Waals surface area (Å²) in [5, 5.41) is 25.5. The first kappa shape index (κ1) is 23.8. The number of nitrogens with zero attached hydrogens (tertiary/aromatic N) is 3. The third-order valence-electron chi connectivity index (χ3n) is 4.79. The van der Waals surface area contributed by atoms with Gasteiger partial charge in [-0.1, -0.05) is 30.3 Å². The minimum absolute atomic E-state index is 0.144. The molecule has 0 saturated carbocycles. The van der Waals surface area contributed by atoms with E-state index in [9.17, 15) is 10.1 Å². The van der Waals surface area contributed by atoms with Crippen molar-refractivity contribution in [3.05, 3.63) is 69.8 Å². The number of hydrogen-bond donors (Lipinski definition) is 2. The first-order valence-corrected chi connectivity index (χ1v) is 9.56. The average molecular weight is 431 g/mol. The van der Waals surface area contributed by atoms with Crippen LogP contribution in [0.5, 0.6) is 5.75 Å². The van der Waals surface area contributed by atoms with Crippen LogP contribution in [-0.2, 0) is 22.7 Å². The van der Waals surface area contributed by atoms with Crippen LogP contribution in [0.15, 0.2) is 48.5 Å². The van der Waals surface area contributed by atoms with E-state index in [1.165, 1.54) is 5.56 Å². The molecule has 0 unspecified atom stereocenters. The molecule has 1 heterocycles. The molecule has 0 aromatic heterocycles. The zero-order valence-electron chi connectivity index (χ0n) is 17.1. The number of nitro groups is 1. The number of methoxy groups -OCH3 is 1. The molecule has 10 nitrogen and oxygen atoms in total. The molecule has 10 heteroatoms. The Morgan fingerprint density at radius 3 is 1.94 bits per heavy atom. The Morgan fingerprint density at radius 1 is 0.935 bits per heavy atom. The number of carbonyl (C=O) groups is 2. The van der Waals surface area contributed by atoms with E-state index in [0.717, 1.165) is 50.6 Å². The molecule has 1 aliphatic heterocycles. The Bertz CT molecular complexity index is 882. The predicted octanol–water partition coefficient (Wildman–Crippen LogP) is 2.08. The van der Waals surface area contributed by atoms with E-state index in [2.05, 4.69) is 15.9 Å². The molecule has 0 bridgehead atoms. The number of benzene rings is 2. The van der Waals surface area contributed by atoms with Crippen LogP contribution >= 0.6 is 0 Å². The first-order valence-electron chi connectivity index (χ1n) is 9.56. The standard InChI is InChI=1S/C19H23N3O3.C2H2O4/c1-25-19-5-3-2-4-17(19)15-21-12-10-20(11-13-21)14-16-6-8-18(9-7-16)22(23)24;3-1(4)2(5)6/h2-9H,10-15H2,1H3;(H,3,4)(H,5,6). The predicted molar refractivity (Wildman–Crippen MR) is 112 cm³/mol. The van der Waals surface area contributed by atoms with Crippen LogP contribution in [0.3, 0.4) is 0 Å². The van der Waals surface area contributed by atoms with Gasteiger partial charge in [-0.2, -0.15) is 0 Å². The molecule has 2 N–H and O–H groups in total. The number of ether oxygens (including phenoxy) is 1. The Balaban J connectivity index is 0.000000501. The minimum atomic E-state index is -1.82. The van der Waals surface area contributed by atoms with Gasteiger partial charge in [-0.15, -0.1) is 0 Å². The van der Waals surface area contributed by atoms with Crippen molar-refractivity contribution >= 4 is 17.6 Å². The highest BCUT2D eigenvalue weighted by molar-refractivity contribution is 6.27. The van der Waals surface area contributed by atoms with Gasteiger partial charge < -0.3 is 14.9 Å². The average Bonchev–Trinajstić information content (AvgIpc) is 2.76. The number of carboxylic acids is 2. The normalized spacial score (nSPS) is 14.2. The summed E-state index contributed by atoms with van der Waals surface area (Å²) >= 11 is 0. The van der Waals surface area contributed by atoms with Gasteiger partial charge in [-0.3, -0.25) is 19.9 Å². The lowest BCUT2D eigenvalue weighted by atomic mass is 10.1. The Morgan fingerprint density at radius 2 is 1.45 bits per heavy atom. The molecular formula is C21H25N3O7. The van der Waals surface area contributed by atoms with E-state index in [-0.39, 0.29) is 10.6 Å². The second kappa shape index (κ2) is 11.6. The molecule has 2 aromatic carbocycles. The summed E-state index contributed by atoms with van der Waals surface area (Å²) < 4.78 is 5.43. The molecule has 1 fully saturated rings. The Kier molecular flexibility index (Phi) is 8.92. The highest BCUT2D eigenvalue weighted by atomic mass is 16.6. The molecule has 1 saturated heterocycles. The van der Waals surface area contributed by atoms with Gasteiger partial charge in [0, 0.05) is 57.0 Å². The quantitative estimate of drug-likeness (QED) is 0.400. The van der Waals surface area contributed by atoms with E-state index in [4.69, 9.17) is 24.5 Å². The number of nitro benzene ring substituents is 1. The van der Waals surface area contributed by atoms with Crippen LogP contribution in [0.2, 0.25) is 0 Å². The maximum Gasteiger partial charge on any atom is 0.414 e. The Hall–Kier alpha value is -3.50. The van der Waals surface area contributed by atoms with E-state index < -0.39 is 11.9 Å². The first-order chi connectivity index (χ1) is 14.8. The van der Waals surface area contributed by atoms with Crippen LogP contribution < -0.4 is 4.74 Å². The highest BCUT2D eigenvalue weighted by Crippen LogP contribution is 2.20. The number of carboxylic acid groups (broad SMARTS) is 2. The third kappa shape index (κ3) is 7.68. The largest absolute Gasteiger partial charge is 0.496 e. The van der Waals surface area contributed by atoms with Gasteiger partial charge in [0.15, 0.2) is 0 Å². The van der Waals surface area contributed by atoms with E-state index in [1.54, 1.807) is 19.2 Å². The van der Waals surface area contributed by atoms with Crippen molar-refractivity contribution in [1.29, 1.82) is 0 Å². The summed E-state index contributed by atoms with van der Waals surface area (Å²) in [7, 11) is 1.71. The van der Waals surface area contributed by atoms with Crippen molar-refractivity contribution in [2.24, 2.45) is 0 Å². The number of rotatable bonds is 6. The summed E-state index contributed by atoms with van der Waals surface area (Å²) in [5.74, 6) is -2.71. The molecule has 31 heavy (non-hydrogen) atoms. The van der Waals surface area contributed by atoms with Crippen LogP contribution in [0.1, 0.15) is 11.1 Å². The fraction of sp³-hybridized carbons (Fsp3) is 0.333.